The lowest BCUT2D eigenvalue weighted by Gasteiger charge is -2.34. The Morgan fingerprint density at radius 2 is 1.73 bits per heavy atom. The quantitative estimate of drug-likeness (QED) is 0.280. The Balaban J connectivity index is 1.46. The molecule has 242 valence electrons. The highest BCUT2D eigenvalue weighted by molar-refractivity contribution is 5.93. The zero-order valence-electron chi connectivity index (χ0n) is 27.1. The molecule has 2 heterocycles. The number of ether oxygens (including phenoxy) is 1. The van der Waals surface area contributed by atoms with E-state index in [1.54, 1.807) is 6.20 Å². The number of ketones is 1. The highest BCUT2D eigenvalue weighted by Gasteiger charge is 2.45. The maximum absolute atomic E-state index is 14.1. The second kappa shape index (κ2) is 14.9. The maximum atomic E-state index is 14.1. The van der Waals surface area contributed by atoms with E-state index in [2.05, 4.69) is 15.6 Å². The molecule has 4 atom stereocenters. The highest BCUT2D eigenvalue weighted by atomic mass is 16.5. The van der Waals surface area contributed by atoms with E-state index < -0.39 is 35.6 Å². The Morgan fingerprint density at radius 1 is 1.07 bits per heavy atom. The van der Waals surface area contributed by atoms with E-state index in [4.69, 9.17) is 4.74 Å². The number of likely N-dealkylation sites (tertiary alicyclic amines) is 1. The SMILES string of the molecule is CC(=O)[C@@H](Cc1ccc(-c2ccccc2)cc1)NC(=O)[C@@H]1C[C@@H](O)CN1C(=O)[C@@H](n1cc(COCCN(C)C)nn1)C(C)(C)C. The first-order valence-corrected chi connectivity index (χ1v) is 15.4. The Kier molecular flexibility index (Phi) is 11.2. The monoisotopic (exact) mass is 618 g/mol. The molecule has 4 rings (SSSR count). The lowest BCUT2D eigenvalue weighted by Crippen LogP contribution is -2.53. The number of hydrogen-bond donors (Lipinski definition) is 2. The summed E-state index contributed by atoms with van der Waals surface area (Å²) in [5, 5.41) is 21.9. The van der Waals surface area contributed by atoms with Gasteiger partial charge in [-0.25, -0.2) is 4.68 Å². The van der Waals surface area contributed by atoms with E-state index in [9.17, 15) is 19.5 Å². The van der Waals surface area contributed by atoms with Crippen molar-refractivity contribution in [3.63, 3.8) is 0 Å². The Morgan fingerprint density at radius 3 is 2.36 bits per heavy atom. The number of nitrogens with zero attached hydrogens (tertiary/aromatic N) is 5. The van der Waals surface area contributed by atoms with Crippen molar-refractivity contribution in [1.29, 1.82) is 0 Å². The molecule has 2 aromatic carbocycles. The normalized spacial score (nSPS) is 18.2. The number of carbonyl (C=O) groups excluding carboxylic acids is 3. The van der Waals surface area contributed by atoms with Gasteiger partial charge in [-0.05, 0) is 49.5 Å². The van der Waals surface area contributed by atoms with E-state index in [1.807, 2.05) is 94.4 Å². The zero-order valence-corrected chi connectivity index (χ0v) is 27.1. The molecule has 2 N–H and O–H groups in total. The lowest BCUT2D eigenvalue weighted by molar-refractivity contribution is -0.144. The molecule has 0 bridgehead atoms. The first-order valence-electron chi connectivity index (χ1n) is 15.4. The number of aliphatic hydroxyl groups is 1. The fourth-order valence-corrected chi connectivity index (χ4v) is 5.54. The molecule has 1 aliphatic heterocycles. The Hall–Kier alpha value is -3.93. The first-order chi connectivity index (χ1) is 21.3. The average Bonchev–Trinajstić information content (AvgIpc) is 3.61. The topological polar surface area (TPSA) is 130 Å². The minimum Gasteiger partial charge on any atom is -0.391 e. The van der Waals surface area contributed by atoms with Gasteiger partial charge in [0.15, 0.2) is 5.78 Å². The summed E-state index contributed by atoms with van der Waals surface area (Å²) in [6, 6.07) is 15.4. The van der Waals surface area contributed by atoms with Gasteiger partial charge in [-0.1, -0.05) is 80.6 Å². The van der Waals surface area contributed by atoms with Crippen LogP contribution < -0.4 is 5.32 Å². The summed E-state index contributed by atoms with van der Waals surface area (Å²) in [5.41, 5.74) is 3.05. The summed E-state index contributed by atoms with van der Waals surface area (Å²) < 4.78 is 7.21. The van der Waals surface area contributed by atoms with Crippen molar-refractivity contribution >= 4 is 17.6 Å². The molecule has 11 nitrogen and oxygen atoms in total. The lowest BCUT2D eigenvalue weighted by atomic mass is 9.85. The highest BCUT2D eigenvalue weighted by Crippen LogP contribution is 2.34. The van der Waals surface area contributed by atoms with E-state index in [-0.39, 0.29) is 31.3 Å². The second-order valence-corrected chi connectivity index (χ2v) is 13.1. The summed E-state index contributed by atoms with van der Waals surface area (Å²) >= 11 is 0. The predicted molar refractivity (Wildman–Crippen MR) is 171 cm³/mol. The number of benzene rings is 2. The van der Waals surface area contributed by atoms with Gasteiger partial charge in [0.1, 0.15) is 17.8 Å². The molecule has 1 saturated heterocycles. The molecule has 0 aliphatic carbocycles. The van der Waals surface area contributed by atoms with Crippen LogP contribution in [0.4, 0.5) is 0 Å². The van der Waals surface area contributed by atoms with Gasteiger partial charge >= 0.3 is 0 Å². The summed E-state index contributed by atoms with van der Waals surface area (Å²) in [5.74, 6) is -1.01. The molecule has 1 fully saturated rings. The van der Waals surface area contributed by atoms with Crippen LogP contribution >= 0.6 is 0 Å². The molecule has 45 heavy (non-hydrogen) atoms. The standard InChI is InChI=1S/C34H46N6O5/c1-23(41)29(18-24-12-14-26(15-13-24)25-10-8-7-9-11-25)35-32(43)30-19-28(42)21-39(30)33(44)31(34(2,3)4)40-20-27(36-37-40)22-45-17-16-38(5)6/h7-15,20,28-31,42H,16-19,21-22H2,1-6H3,(H,35,43)/t28-,29-,30+,31-/m1/s1. The molecule has 0 unspecified atom stereocenters. The van der Waals surface area contributed by atoms with Gasteiger partial charge in [0.25, 0.3) is 0 Å². The molecule has 0 radical (unpaired) electrons. The van der Waals surface area contributed by atoms with Gasteiger partial charge < -0.3 is 25.0 Å². The molecular formula is C34H46N6O5. The minimum atomic E-state index is -0.933. The molecule has 0 spiro atoms. The fourth-order valence-electron chi connectivity index (χ4n) is 5.54. The number of nitrogens with one attached hydrogen (secondary N) is 1. The maximum Gasteiger partial charge on any atom is 0.248 e. The Labute approximate surface area is 265 Å². The van der Waals surface area contributed by atoms with Crippen LogP contribution in [0.25, 0.3) is 11.1 Å². The van der Waals surface area contributed by atoms with E-state index >= 15 is 0 Å². The van der Waals surface area contributed by atoms with Crippen molar-refractivity contribution < 1.29 is 24.2 Å². The number of likely N-dealkylation sites (N-methyl/N-ethyl adjacent to an activating group) is 1. The van der Waals surface area contributed by atoms with Crippen molar-refractivity contribution in [2.75, 3.05) is 33.8 Å². The van der Waals surface area contributed by atoms with Crippen molar-refractivity contribution in [3.8, 4) is 11.1 Å². The molecule has 0 saturated carbocycles. The predicted octanol–water partition coefficient (Wildman–Crippen LogP) is 2.89. The van der Waals surface area contributed by atoms with Crippen molar-refractivity contribution in [1.82, 2.24) is 30.1 Å². The Bertz CT molecular complexity index is 1430. The van der Waals surface area contributed by atoms with Gasteiger partial charge in [-0.3, -0.25) is 14.4 Å². The first kappa shape index (κ1) is 34.0. The molecular weight excluding hydrogens is 572 g/mol. The summed E-state index contributed by atoms with van der Waals surface area (Å²) in [7, 11) is 3.93. The van der Waals surface area contributed by atoms with Crippen LogP contribution in [0.5, 0.6) is 0 Å². The van der Waals surface area contributed by atoms with Crippen LogP contribution in [0.15, 0.2) is 60.8 Å². The summed E-state index contributed by atoms with van der Waals surface area (Å²) in [6.07, 6.45) is 1.21. The van der Waals surface area contributed by atoms with Gasteiger partial charge in [-0.2, -0.15) is 0 Å². The van der Waals surface area contributed by atoms with Crippen LogP contribution in [0.3, 0.4) is 0 Å². The van der Waals surface area contributed by atoms with Gasteiger partial charge in [0.2, 0.25) is 11.8 Å². The van der Waals surface area contributed by atoms with E-state index in [0.29, 0.717) is 18.7 Å². The number of amides is 2. The minimum absolute atomic E-state index is 0.00435. The van der Waals surface area contributed by atoms with Crippen LogP contribution in [0.2, 0.25) is 0 Å². The molecule has 1 aromatic heterocycles. The van der Waals surface area contributed by atoms with E-state index in [0.717, 1.165) is 23.2 Å². The number of aromatic nitrogens is 3. The third-order valence-electron chi connectivity index (χ3n) is 7.98. The number of hydrogen-bond acceptors (Lipinski definition) is 8. The number of aliphatic hydroxyl groups excluding tert-OH is 1. The van der Waals surface area contributed by atoms with Crippen molar-refractivity contribution in [3.05, 3.63) is 72.1 Å². The van der Waals surface area contributed by atoms with Crippen LogP contribution in [-0.2, 0) is 32.1 Å². The number of β-amino-alcohol motifs (C(OH)–C–C–N with tert-alkyl or cyclic N) is 1. The molecule has 1 aliphatic rings. The third-order valence-corrected chi connectivity index (χ3v) is 7.98. The number of rotatable bonds is 13. The van der Waals surface area contributed by atoms with Gasteiger partial charge in [0, 0.05) is 19.5 Å². The summed E-state index contributed by atoms with van der Waals surface area (Å²) in [6.45, 7) is 8.76. The fraction of sp³-hybridized carbons (Fsp3) is 0.500. The summed E-state index contributed by atoms with van der Waals surface area (Å²) in [4.78, 5) is 43.8. The molecule has 2 amide bonds. The van der Waals surface area contributed by atoms with Crippen LogP contribution in [0, 0.1) is 5.41 Å². The zero-order chi connectivity index (χ0) is 32.7. The van der Waals surface area contributed by atoms with Crippen molar-refractivity contribution in [2.45, 2.75) is 71.4 Å². The average molecular weight is 619 g/mol. The number of carbonyl (C=O) groups is 3. The van der Waals surface area contributed by atoms with Crippen LogP contribution in [0.1, 0.15) is 51.4 Å². The largest absolute Gasteiger partial charge is 0.391 e. The van der Waals surface area contributed by atoms with Crippen LogP contribution in [-0.4, -0.2) is 99.5 Å². The van der Waals surface area contributed by atoms with Gasteiger partial charge in [-0.15, -0.1) is 5.10 Å². The molecule has 3 aromatic rings. The van der Waals surface area contributed by atoms with E-state index in [1.165, 1.54) is 16.5 Å². The third kappa shape index (κ3) is 9.06. The van der Waals surface area contributed by atoms with Gasteiger partial charge in [0.05, 0.1) is 31.6 Å². The van der Waals surface area contributed by atoms with Crippen molar-refractivity contribution in [2.24, 2.45) is 5.41 Å². The second-order valence-electron chi connectivity index (χ2n) is 13.1. The smallest absolute Gasteiger partial charge is 0.248 e. The molecule has 11 heteroatoms. The number of Topliss-reactive ketones (excluding diaryl/α,β-unsaturated/α-hetero) is 1.